The molecule has 2 saturated carbocycles. The lowest BCUT2D eigenvalue weighted by Crippen LogP contribution is -2.20. The Kier molecular flexibility index (Phi) is 5.70. The molecule has 7 nitrogen and oxygen atoms in total. The molecule has 2 aromatic carbocycles. The fourth-order valence-electron chi connectivity index (χ4n) is 4.63. The largest absolute Gasteiger partial charge is 0.507 e. The Hall–Kier alpha value is -3.48. The van der Waals surface area contributed by atoms with Crippen LogP contribution in [0.5, 0.6) is 23.0 Å². The number of carbonyl (C=O) groups is 1. The zero-order valence-electron chi connectivity index (χ0n) is 18.5. The van der Waals surface area contributed by atoms with Gasteiger partial charge in [0.05, 0.1) is 13.2 Å². The lowest BCUT2D eigenvalue weighted by Gasteiger charge is -2.17. The predicted molar refractivity (Wildman–Crippen MR) is 122 cm³/mol. The molecule has 0 bridgehead atoms. The molecule has 3 aromatic rings. The summed E-state index contributed by atoms with van der Waals surface area (Å²) in [7, 11) is 1.59. The molecule has 2 aliphatic carbocycles. The summed E-state index contributed by atoms with van der Waals surface area (Å²) in [4.78, 5) is 24.8. The van der Waals surface area contributed by atoms with Gasteiger partial charge in [0.15, 0.2) is 28.8 Å². The third-order valence-corrected chi connectivity index (χ3v) is 6.35. The van der Waals surface area contributed by atoms with Crippen molar-refractivity contribution >= 4 is 16.8 Å². The molecule has 1 heterocycles. The molecule has 33 heavy (non-hydrogen) atoms. The standard InChI is InChI=1S/C26H26O7/c1-30-22-10-9-15(11-24(22)31-16-5-2-3-6-16)23-14-20(29)26-19(28)12-17(13-25(26)33-23)32-21-8-4-7-18(21)27/h9-14,16,21,28H,2-8H2,1H3. The van der Waals surface area contributed by atoms with Crippen LogP contribution in [0.4, 0.5) is 0 Å². The van der Waals surface area contributed by atoms with Gasteiger partial charge in [0.1, 0.15) is 28.2 Å². The number of ketones is 1. The van der Waals surface area contributed by atoms with Crippen molar-refractivity contribution in [2.45, 2.75) is 57.2 Å². The van der Waals surface area contributed by atoms with Gasteiger partial charge in [-0.3, -0.25) is 9.59 Å². The molecule has 0 aliphatic heterocycles. The molecule has 0 radical (unpaired) electrons. The van der Waals surface area contributed by atoms with Gasteiger partial charge in [-0.25, -0.2) is 0 Å². The highest BCUT2D eigenvalue weighted by atomic mass is 16.5. The van der Waals surface area contributed by atoms with Gasteiger partial charge in [-0.2, -0.15) is 0 Å². The van der Waals surface area contributed by atoms with Crippen LogP contribution < -0.4 is 19.6 Å². The molecule has 1 unspecified atom stereocenters. The summed E-state index contributed by atoms with van der Waals surface area (Å²) in [5, 5.41) is 10.5. The second-order valence-corrected chi connectivity index (χ2v) is 8.65. The highest BCUT2D eigenvalue weighted by molar-refractivity contribution is 5.87. The quantitative estimate of drug-likeness (QED) is 0.565. The maximum absolute atomic E-state index is 12.8. The topological polar surface area (TPSA) is 95.2 Å². The van der Waals surface area contributed by atoms with Crippen molar-refractivity contribution in [1.82, 2.24) is 0 Å². The van der Waals surface area contributed by atoms with E-state index >= 15 is 0 Å². The van der Waals surface area contributed by atoms with Gasteiger partial charge in [0.2, 0.25) is 0 Å². The van der Waals surface area contributed by atoms with Crippen LogP contribution in [0.25, 0.3) is 22.3 Å². The van der Waals surface area contributed by atoms with Gasteiger partial charge < -0.3 is 23.7 Å². The molecule has 2 fully saturated rings. The van der Waals surface area contributed by atoms with Gasteiger partial charge in [0, 0.05) is 30.2 Å². The minimum Gasteiger partial charge on any atom is -0.507 e. The third-order valence-electron chi connectivity index (χ3n) is 6.35. The Morgan fingerprint density at radius 2 is 1.76 bits per heavy atom. The van der Waals surface area contributed by atoms with E-state index in [1.54, 1.807) is 31.4 Å². The number of phenols is 1. The molecule has 2 aliphatic rings. The molecule has 0 spiro atoms. The van der Waals surface area contributed by atoms with Crippen molar-refractivity contribution in [3.8, 4) is 34.3 Å². The minimum absolute atomic E-state index is 0.0396. The predicted octanol–water partition coefficient (Wildman–Crippen LogP) is 5.00. The van der Waals surface area contributed by atoms with Gasteiger partial charge in [0.25, 0.3) is 0 Å². The van der Waals surface area contributed by atoms with Crippen LogP contribution in [0.2, 0.25) is 0 Å². The summed E-state index contributed by atoms with van der Waals surface area (Å²) >= 11 is 0. The van der Waals surface area contributed by atoms with E-state index < -0.39 is 6.10 Å². The van der Waals surface area contributed by atoms with Crippen molar-refractivity contribution in [3.05, 3.63) is 46.6 Å². The van der Waals surface area contributed by atoms with Gasteiger partial charge in [-0.05, 0) is 56.7 Å². The van der Waals surface area contributed by atoms with Crippen LogP contribution in [0.15, 0.2) is 45.6 Å². The minimum atomic E-state index is -0.534. The molecule has 1 N–H and O–H groups in total. The highest BCUT2D eigenvalue weighted by Gasteiger charge is 2.27. The summed E-state index contributed by atoms with van der Waals surface area (Å²) < 4.78 is 23.4. The molecule has 0 saturated heterocycles. The number of methoxy groups -OCH3 is 1. The lowest BCUT2D eigenvalue weighted by atomic mass is 10.1. The summed E-state index contributed by atoms with van der Waals surface area (Å²) in [6.45, 7) is 0. The van der Waals surface area contributed by atoms with Gasteiger partial charge in [-0.15, -0.1) is 0 Å². The van der Waals surface area contributed by atoms with E-state index in [0.717, 1.165) is 32.1 Å². The van der Waals surface area contributed by atoms with E-state index in [2.05, 4.69) is 0 Å². The number of rotatable bonds is 6. The fraction of sp³-hybridized carbons (Fsp3) is 0.385. The van der Waals surface area contributed by atoms with E-state index in [9.17, 15) is 14.7 Å². The Labute approximate surface area is 190 Å². The number of carbonyl (C=O) groups excluding carboxylic acids is 1. The number of aromatic hydroxyl groups is 1. The van der Waals surface area contributed by atoms with Gasteiger partial charge in [-0.1, -0.05) is 0 Å². The van der Waals surface area contributed by atoms with E-state index in [0.29, 0.717) is 41.4 Å². The Morgan fingerprint density at radius 3 is 2.48 bits per heavy atom. The molecule has 172 valence electrons. The molecule has 7 heteroatoms. The smallest absolute Gasteiger partial charge is 0.197 e. The number of phenolic OH excluding ortho intramolecular Hbond substituents is 1. The van der Waals surface area contributed by atoms with E-state index in [-0.39, 0.29) is 34.0 Å². The molecular weight excluding hydrogens is 424 g/mol. The van der Waals surface area contributed by atoms with E-state index in [1.807, 2.05) is 0 Å². The van der Waals surface area contributed by atoms with Gasteiger partial charge >= 0.3 is 0 Å². The first-order valence-corrected chi connectivity index (χ1v) is 11.4. The maximum Gasteiger partial charge on any atom is 0.197 e. The second kappa shape index (κ2) is 8.81. The highest BCUT2D eigenvalue weighted by Crippen LogP contribution is 2.37. The molecule has 1 aromatic heterocycles. The number of ether oxygens (including phenoxy) is 3. The fourth-order valence-corrected chi connectivity index (χ4v) is 4.63. The van der Waals surface area contributed by atoms with Crippen LogP contribution in [0.3, 0.4) is 0 Å². The summed E-state index contributed by atoms with van der Waals surface area (Å²) in [6, 6.07) is 9.63. The second-order valence-electron chi connectivity index (χ2n) is 8.65. The number of hydrogen-bond acceptors (Lipinski definition) is 7. The van der Waals surface area contributed by atoms with Crippen molar-refractivity contribution in [1.29, 1.82) is 0 Å². The SMILES string of the molecule is COc1ccc(-c2cc(=O)c3c(O)cc(OC4CCCC4=O)cc3o2)cc1OC1CCCC1. The molecule has 5 rings (SSSR count). The van der Waals surface area contributed by atoms with Crippen LogP contribution in [0, 0.1) is 0 Å². The normalized spacial score (nSPS) is 18.7. The van der Waals surface area contributed by atoms with Crippen molar-refractivity contribution < 1.29 is 28.5 Å². The Morgan fingerprint density at radius 1 is 0.939 bits per heavy atom. The molecule has 1 atom stereocenters. The Balaban J connectivity index is 1.52. The first kappa shape index (κ1) is 21.4. The summed E-state index contributed by atoms with van der Waals surface area (Å²) in [5.41, 5.74) is 0.466. The molecule has 0 amide bonds. The average Bonchev–Trinajstić information content (AvgIpc) is 3.45. The van der Waals surface area contributed by atoms with Crippen molar-refractivity contribution in [2.24, 2.45) is 0 Å². The number of hydrogen-bond donors (Lipinski definition) is 1. The first-order valence-electron chi connectivity index (χ1n) is 11.4. The van der Waals surface area contributed by atoms with Crippen molar-refractivity contribution in [3.63, 3.8) is 0 Å². The number of fused-ring (bicyclic) bond motifs is 1. The zero-order chi connectivity index (χ0) is 22.9. The molecular formula is C26H26O7. The number of Topliss-reactive ketones (excluding diaryl/α,β-unsaturated/α-hetero) is 1. The van der Waals surface area contributed by atoms with Crippen LogP contribution >= 0.6 is 0 Å². The summed E-state index contributed by atoms with van der Waals surface area (Å²) in [6.07, 6.45) is 5.82. The summed E-state index contributed by atoms with van der Waals surface area (Å²) in [5.74, 6) is 1.64. The van der Waals surface area contributed by atoms with Crippen molar-refractivity contribution in [2.75, 3.05) is 7.11 Å². The van der Waals surface area contributed by atoms with Crippen LogP contribution in [-0.4, -0.2) is 30.2 Å². The third kappa shape index (κ3) is 4.27. The zero-order valence-corrected chi connectivity index (χ0v) is 18.5. The van der Waals surface area contributed by atoms with E-state index in [1.165, 1.54) is 12.1 Å². The first-order chi connectivity index (χ1) is 16.0. The maximum atomic E-state index is 12.8. The van der Waals surface area contributed by atoms with Crippen LogP contribution in [0.1, 0.15) is 44.9 Å². The monoisotopic (exact) mass is 450 g/mol. The van der Waals surface area contributed by atoms with E-state index in [4.69, 9.17) is 18.6 Å². The Bertz CT molecular complexity index is 1250. The number of benzene rings is 2. The van der Waals surface area contributed by atoms with Crippen LogP contribution in [-0.2, 0) is 4.79 Å². The lowest BCUT2D eigenvalue weighted by molar-refractivity contribution is -0.123. The average molecular weight is 450 g/mol.